The van der Waals surface area contributed by atoms with Crippen molar-refractivity contribution in [3.8, 4) is 0 Å². The van der Waals surface area contributed by atoms with Crippen LogP contribution in [0.15, 0.2) is 82.8 Å². The Morgan fingerprint density at radius 2 is 0.575 bits per heavy atom. The zero-order valence-corrected chi connectivity index (χ0v) is 49.9. The first kappa shape index (κ1) is 68.8. The molecule has 0 unspecified atom stereocenters. The van der Waals surface area contributed by atoms with Crippen molar-refractivity contribution in [2.75, 3.05) is 0 Å². The Labute approximate surface area is 466 Å². The second-order valence-corrected chi connectivity index (χ2v) is 22.2. The van der Waals surface area contributed by atoms with Crippen molar-refractivity contribution in [1.82, 2.24) is 0 Å². The van der Waals surface area contributed by atoms with E-state index in [1.807, 2.05) is 6.21 Å². The van der Waals surface area contributed by atoms with Crippen molar-refractivity contribution in [3.05, 3.63) is 84.0 Å². The van der Waals surface area contributed by atoms with Crippen LogP contribution in [0.4, 0.5) is 11.4 Å². The summed E-state index contributed by atoms with van der Waals surface area (Å²) in [5.41, 5.74) is 5.85. The quantitative estimate of drug-likeness (QED) is 0.0273. The molecule has 0 amide bonds. The van der Waals surface area contributed by atoms with Gasteiger partial charge in [0.2, 0.25) is 0 Å². The summed E-state index contributed by atoms with van der Waals surface area (Å²) >= 11 is 0. The molecule has 0 N–H and O–H groups in total. The van der Waals surface area contributed by atoms with Crippen LogP contribution in [0.3, 0.4) is 0 Å². The smallest absolute Gasteiger partial charge is 0.0665 e. The number of unbranched alkanes of at least 4 members (excludes halogenated alkanes) is 42. The Balaban J connectivity index is 0.0000266. The van der Waals surface area contributed by atoms with Crippen LogP contribution >= 0.6 is 0 Å². The molecule has 0 heterocycles. The van der Waals surface area contributed by atoms with Gasteiger partial charge in [-0.15, -0.1) is 0 Å². The fraction of sp³-hybridized carbons (Fsp3) is 0.743. The number of aryl methyl sites for hydroxylation is 2. The van der Waals surface area contributed by atoms with E-state index in [1.165, 1.54) is 294 Å². The Hall–Kier alpha value is -2.25. The maximum atomic E-state index is 5.13. The minimum Gasteiger partial charge on any atom is -0.255 e. The third-order valence-electron chi connectivity index (χ3n) is 15.4. The second-order valence-electron chi connectivity index (χ2n) is 22.2. The second kappa shape index (κ2) is 56.0. The molecule has 0 saturated heterocycles. The summed E-state index contributed by atoms with van der Waals surface area (Å²) < 4.78 is 0. The maximum Gasteiger partial charge on any atom is 0.0665 e. The van der Waals surface area contributed by atoms with Gasteiger partial charge in [0.1, 0.15) is 0 Å². The molecule has 0 spiro atoms. The summed E-state index contributed by atoms with van der Waals surface area (Å²) in [4.78, 5) is 10.1. The van der Waals surface area contributed by atoms with Crippen LogP contribution in [-0.2, 0) is 29.3 Å². The number of aliphatic imine (C=N–C) groups is 2. The Bertz CT molecular complexity index is 1550. The minimum atomic E-state index is 0. The molecule has 0 aliphatic heterocycles. The number of nitrogens with zero attached hydrogens (tertiary/aromatic N) is 2. The maximum absolute atomic E-state index is 5.13. The number of allylic oxidation sites excluding steroid dienone is 4. The van der Waals surface area contributed by atoms with E-state index < -0.39 is 0 Å². The Kier molecular flexibility index (Phi) is 52.7. The molecule has 0 atom stereocenters. The van der Waals surface area contributed by atoms with Crippen molar-refractivity contribution in [2.45, 2.75) is 335 Å². The standard InChI is InChI=1S/C70H120N2.Ni/c1-4-7-9-11-13-15-17-19-21-23-25-27-29-31-33-35-37-39-41-43-45-47-49-51-53-59-66-61-55-57-63-69(66)71-65-68(6-3)72-70-64-58-56-62-67(70)60-54-52-50-48-46-44-42-40-38-36-34-32-30-28-26-24-22-20-18-16-14-12-10-8-5-2;/h49-52,55-58,61-65H,4-48,53-54,59-60H2,1-3H3;. The average molecular weight is 1050 g/mol. The first-order valence-electron chi connectivity index (χ1n) is 32.4. The molecule has 0 aliphatic carbocycles. The molecule has 0 aromatic heterocycles. The molecule has 0 bridgehead atoms. The van der Waals surface area contributed by atoms with E-state index in [0.29, 0.717) is 0 Å². The van der Waals surface area contributed by atoms with Gasteiger partial charge < -0.3 is 0 Å². The Morgan fingerprint density at radius 1 is 0.315 bits per heavy atom. The van der Waals surface area contributed by atoms with Crippen molar-refractivity contribution in [3.63, 3.8) is 0 Å². The molecule has 2 aromatic rings. The zero-order chi connectivity index (χ0) is 51.1. The molecular formula is C70H120N2Ni. The molecule has 420 valence electrons. The number of hydrogen-bond donors (Lipinski definition) is 0. The predicted molar refractivity (Wildman–Crippen MR) is 328 cm³/mol. The van der Waals surface area contributed by atoms with Gasteiger partial charge in [-0.25, -0.2) is 0 Å². The van der Waals surface area contributed by atoms with E-state index in [-0.39, 0.29) is 16.5 Å². The normalized spacial score (nSPS) is 12.1. The first-order valence-corrected chi connectivity index (χ1v) is 32.4. The van der Waals surface area contributed by atoms with Gasteiger partial charge in [0.15, 0.2) is 0 Å². The van der Waals surface area contributed by atoms with Crippen LogP contribution in [0.5, 0.6) is 0 Å². The van der Waals surface area contributed by atoms with E-state index in [9.17, 15) is 0 Å². The zero-order valence-electron chi connectivity index (χ0n) is 48.9. The molecule has 2 rings (SSSR count). The van der Waals surface area contributed by atoms with Gasteiger partial charge in [-0.1, -0.05) is 338 Å². The topological polar surface area (TPSA) is 24.7 Å². The van der Waals surface area contributed by atoms with Gasteiger partial charge >= 0.3 is 0 Å². The van der Waals surface area contributed by atoms with Crippen LogP contribution in [0.25, 0.3) is 0 Å². The van der Waals surface area contributed by atoms with Gasteiger partial charge in [-0.3, -0.25) is 9.98 Å². The van der Waals surface area contributed by atoms with Crippen molar-refractivity contribution in [1.29, 1.82) is 0 Å². The first-order chi connectivity index (χ1) is 35.8. The average Bonchev–Trinajstić information content (AvgIpc) is 3.40. The van der Waals surface area contributed by atoms with Gasteiger partial charge in [-0.05, 0) is 81.0 Å². The summed E-state index contributed by atoms with van der Waals surface area (Å²) in [6, 6.07) is 17.4. The largest absolute Gasteiger partial charge is 0.255 e. The molecule has 0 fully saturated rings. The van der Waals surface area contributed by atoms with Crippen LogP contribution in [-0.4, -0.2) is 11.9 Å². The summed E-state index contributed by atoms with van der Waals surface area (Å²) in [5.74, 6) is 0. The molecule has 0 radical (unpaired) electrons. The van der Waals surface area contributed by atoms with Gasteiger partial charge in [0, 0.05) is 22.7 Å². The number of rotatable bonds is 54. The van der Waals surface area contributed by atoms with E-state index in [0.717, 1.165) is 49.2 Å². The van der Waals surface area contributed by atoms with Crippen molar-refractivity contribution < 1.29 is 16.5 Å². The minimum absolute atomic E-state index is 0. The van der Waals surface area contributed by atoms with Crippen LogP contribution in [0.1, 0.15) is 334 Å². The van der Waals surface area contributed by atoms with E-state index >= 15 is 0 Å². The summed E-state index contributed by atoms with van der Waals surface area (Å²) in [6.45, 7) is 6.81. The fourth-order valence-corrected chi connectivity index (χ4v) is 10.5. The molecule has 3 heteroatoms. The SMILES string of the molecule is CCCCCCCCCCCCCCCCCCCCCCCC=CCCc1ccccc1N=CC(CC)=Nc1ccccc1CCC=CCCCCCCCCCCCCCCCCCCCCCCC.[Ni]. The number of hydrogen-bond acceptors (Lipinski definition) is 2. The van der Waals surface area contributed by atoms with Crippen molar-refractivity contribution in [2.24, 2.45) is 9.98 Å². The summed E-state index contributed by atoms with van der Waals surface area (Å²) in [7, 11) is 0. The third-order valence-corrected chi connectivity index (χ3v) is 15.4. The van der Waals surface area contributed by atoms with Crippen molar-refractivity contribution >= 4 is 23.3 Å². The molecule has 2 nitrogen and oxygen atoms in total. The van der Waals surface area contributed by atoms with Gasteiger partial charge in [-0.2, -0.15) is 0 Å². The number of para-hydroxylation sites is 2. The molecular weight excluding hydrogens is 927 g/mol. The van der Waals surface area contributed by atoms with E-state index in [4.69, 9.17) is 9.98 Å². The molecule has 0 saturated carbocycles. The van der Waals surface area contributed by atoms with Crippen LogP contribution in [0, 0.1) is 0 Å². The summed E-state index contributed by atoms with van der Waals surface area (Å²) in [5, 5.41) is 0. The Morgan fingerprint density at radius 3 is 0.890 bits per heavy atom. The molecule has 0 aliphatic rings. The monoisotopic (exact) mass is 1050 g/mol. The molecule has 2 aromatic carbocycles. The van der Waals surface area contributed by atoms with Crippen LogP contribution < -0.4 is 0 Å². The van der Waals surface area contributed by atoms with E-state index in [1.54, 1.807) is 0 Å². The van der Waals surface area contributed by atoms with Gasteiger partial charge in [0.05, 0.1) is 17.1 Å². The van der Waals surface area contributed by atoms with E-state index in [2.05, 4.69) is 93.6 Å². The summed E-state index contributed by atoms with van der Waals surface area (Å²) in [6.07, 6.45) is 79.7. The predicted octanol–water partition coefficient (Wildman–Crippen LogP) is 24.8. The number of benzene rings is 2. The molecule has 73 heavy (non-hydrogen) atoms. The van der Waals surface area contributed by atoms with Crippen LogP contribution in [0.2, 0.25) is 0 Å². The fourth-order valence-electron chi connectivity index (χ4n) is 10.5. The van der Waals surface area contributed by atoms with Gasteiger partial charge in [0.25, 0.3) is 0 Å². The third kappa shape index (κ3) is 44.6.